The Hall–Kier alpha value is -0.930. The van der Waals surface area contributed by atoms with E-state index in [0.717, 1.165) is 5.56 Å². The van der Waals surface area contributed by atoms with Crippen molar-refractivity contribution < 1.29 is 4.39 Å². The zero-order valence-electron chi connectivity index (χ0n) is 5.84. The van der Waals surface area contributed by atoms with E-state index in [1.165, 1.54) is 12.1 Å². The summed E-state index contributed by atoms with van der Waals surface area (Å²) in [5.74, 6) is 7.83. The number of nitrogens with two attached hydrogens (primary N) is 2. The quantitative estimate of drug-likeness (QED) is 0.418. The zero-order valence-corrected chi connectivity index (χ0v) is 5.84. The molecule has 0 bridgehead atoms. The third-order valence-corrected chi connectivity index (χ3v) is 1.01. The predicted octanol–water partition coefficient (Wildman–Crippen LogP) is 0.953. The van der Waals surface area contributed by atoms with Crippen LogP contribution in [0.3, 0.4) is 0 Å². The van der Waals surface area contributed by atoms with E-state index in [-0.39, 0.29) is 5.82 Å². The highest BCUT2D eigenvalue weighted by Gasteiger charge is 1.83. The van der Waals surface area contributed by atoms with Crippen molar-refractivity contribution in [1.82, 2.24) is 0 Å². The van der Waals surface area contributed by atoms with Gasteiger partial charge in [-0.2, -0.15) is 0 Å². The molecule has 1 aromatic rings. The Labute approximate surface area is 59.6 Å². The molecule has 0 fully saturated rings. The zero-order chi connectivity index (χ0) is 7.98. The fourth-order valence-electron chi connectivity index (χ4n) is 0.533. The van der Waals surface area contributed by atoms with Crippen LogP contribution < -0.4 is 11.7 Å². The van der Waals surface area contributed by atoms with Gasteiger partial charge in [-0.15, -0.1) is 0 Å². The van der Waals surface area contributed by atoms with Gasteiger partial charge in [-0.3, -0.25) is 11.7 Å². The van der Waals surface area contributed by atoms with Crippen LogP contribution in [0.15, 0.2) is 24.3 Å². The maximum absolute atomic E-state index is 12.1. The fraction of sp³-hybridized carbons (Fsp3) is 0.143. The van der Waals surface area contributed by atoms with Crippen LogP contribution in [0.1, 0.15) is 5.56 Å². The van der Waals surface area contributed by atoms with Gasteiger partial charge in [0.25, 0.3) is 0 Å². The topological polar surface area (TPSA) is 52.0 Å². The standard InChI is InChI=1S/C7H7F.H4N2/c1-6-2-4-7(8)5-3-6;1-2/h2-5H,1H3;1-2H2. The molecule has 0 saturated heterocycles. The van der Waals surface area contributed by atoms with Crippen LogP contribution in [0.2, 0.25) is 0 Å². The molecule has 0 aliphatic carbocycles. The van der Waals surface area contributed by atoms with E-state index in [9.17, 15) is 4.39 Å². The Balaban J connectivity index is 0.000000371. The van der Waals surface area contributed by atoms with Gasteiger partial charge in [0.1, 0.15) is 5.82 Å². The smallest absolute Gasteiger partial charge is 0.123 e. The molecule has 1 rings (SSSR count). The monoisotopic (exact) mass is 142 g/mol. The van der Waals surface area contributed by atoms with Crippen molar-refractivity contribution in [1.29, 1.82) is 0 Å². The first kappa shape index (κ1) is 9.07. The SMILES string of the molecule is Cc1ccc(F)cc1.NN. The van der Waals surface area contributed by atoms with Crippen molar-refractivity contribution >= 4 is 0 Å². The Morgan fingerprint density at radius 1 is 1.10 bits per heavy atom. The highest BCUT2D eigenvalue weighted by Crippen LogP contribution is 1.98. The third-order valence-electron chi connectivity index (χ3n) is 1.01. The minimum absolute atomic E-state index is 0.171. The number of hydrogen-bond donors (Lipinski definition) is 2. The van der Waals surface area contributed by atoms with E-state index in [0.29, 0.717) is 0 Å². The summed E-state index contributed by atoms with van der Waals surface area (Å²) in [4.78, 5) is 0. The van der Waals surface area contributed by atoms with E-state index in [1.807, 2.05) is 6.92 Å². The molecular formula is C7H11FN2. The summed E-state index contributed by atoms with van der Waals surface area (Å²) < 4.78 is 12.1. The first-order valence-electron chi connectivity index (χ1n) is 2.84. The molecule has 0 saturated carbocycles. The average molecular weight is 142 g/mol. The van der Waals surface area contributed by atoms with Crippen LogP contribution in [0.5, 0.6) is 0 Å². The molecule has 0 radical (unpaired) electrons. The second kappa shape index (κ2) is 4.90. The molecule has 0 unspecified atom stereocenters. The van der Waals surface area contributed by atoms with Crippen molar-refractivity contribution in [3.05, 3.63) is 35.6 Å². The number of halogens is 1. The first-order chi connectivity index (χ1) is 4.79. The molecule has 0 aliphatic rings. The van der Waals surface area contributed by atoms with Crippen LogP contribution in [0.4, 0.5) is 4.39 Å². The van der Waals surface area contributed by atoms with Crippen molar-refractivity contribution in [2.75, 3.05) is 0 Å². The second-order valence-electron chi connectivity index (χ2n) is 1.80. The summed E-state index contributed by atoms with van der Waals surface area (Å²) in [5, 5.41) is 0. The second-order valence-corrected chi connectivity index (χ2v) is 1.80. The summed E-state index contributed by atoms with van der Waals surface area (Å²) >= 11 is 0. The number of hydrazine groups is 1. The van der Waals surface area contributed by atoms with E-state index in [4.69, 9.17) is 0 Å². The summed E-state index contributed by atoms with van der Waals surface area (Å²) in [7, 11) is 0. The Morgan fingerprint density at radius 3 is 1.80 bits per heavy atom. The van der Waals surface area contributed by atoms with E-state index < -0.39 is 0 Å². The normalized spacial score (nSPS) is 8.00. The predicted molar refractivity (Wildman–Crippen MR) is 39.5 cm³/mol. The highest BCUT2D eigenvalue weighted by atomic mass is 19.1. The molecule has 3 heteroatoms. The van der Waals surface area contributed by atoms with Crippen molar-refractivity contribution in [3.8, 4) is 0 Å². The van der Waals surface area contributed by atoms with Gasteiger partial charge < -0.3 is 0 Å². The first-order valence-corrected chi connectivity index (χ1v) is 2.84. The molecule has 56 valence electrons. The molecule has 10 heavy (non-hydrogen) atoms. The summed E-state index contributed by atoms with van der Waals surface area (Å²) in [6.45, 7) is 1.93. The Kier molecular flexibility index (Phi) is 4.45. The summed E-state index contributed by atoms with van der Waals surface area (Å²) in [5.41, 5.74) is 1.09. The van der Waals surface area contributed by atoms with Crippen LogP contribution in [-0.4, -0.2) is 0 Å². The molecule has 4 N–H and O–H groups in total. The number of hydrogen-bond acceptors (Lipinski definition) is 2. The molecule has 1 aromatic carbocycles. The van der Waals surface area contributed by atoms with E-state index in [1.54, 1.807) is 12.1 Å². The third kappa shape index (κ3) is 3.17. The van der Waals surface area contributed by atoms with Gasteiger partial charge in [0, 0.05) is 0 Å². The van der Waals surface area contributed by atoms with Gasteiger partial charge in [0.2, 0.25) is 0 Å². The van der Waals surface area contributed by atoms with Gasteiger partial charge in [0.05, 0.1) is 0 Å². The Bertz CT molecular complexity index is 150. The molecule has 0 atom stereocenters. The van der Waals surface area contributed by atoms with E-state index >= 15 is 0 Å². The molecule has 0 spiro atoms. The van der Waals surface area contributed by atoms with Crippen LogP contribution in [-0.2, 0) is 0 Å². The molecule has 2 nitrogen and oxygen atoms in total. The number of rotatable bonds is 0. The van der Waals surface area contributed by atoms with Gasteiger partial charge in [-0.05, 0) is 19.1 Å². The minimum atomic E-state index is -0.171. The summed E-state index contributed by atoms with van der Waals surface area (Å²) in [6.07, 6.45) is 0. The lowest BCUT2D eigenvalue weighted by atomic mass is 10.2. The lowest BCUT2D eigenvalue weighted by molar-refractivity contribution is 0.627. The van der Waals surface area contributed by atoms with Crippen LogP contribution in [0, 0.1) is 12.7 Å². The van der Waals surface area contributed by atoms with Crippen molar-refractivity contribution in [2.45, 2.75) is 6.92 Å². The Morgan fingerprint density at radius 2 is 1.50 bits per heavy atom. The lowest BCUT2D eigenvalue weighted by Crippen LogP contribution is -2.02. The molecule has 0 aliphatic heterocycles. The van der Waals surface area contributed by atoms with Gasteiger partial charge in [0.15, 0.2) is 0 Å². The molecule has 0 aromatic heterocycles. The maximum atomic E-state index is 12.1. The van der Waals surface area contributed by atoms with Crippen molar-refractivity contribution in [2.24, 2.45) is 11.7 Å². The molecular weight excluding hydrogens is 131 g/mol. The van der Waals surface area contributed by atoms with Crippen LogP contribution in [0.25, 0.3) is 0 Å². The fourth-order valence-corrected chi connectivity index (χ4v) is 0.533. The van der Waals surface area contributed by atoms with Crippen molar-refractivity contribution in [3.63, 3.8) is 0 Å². The van der Waals surface area contributed by atoms with Crippen LogP contribution >= 0.6 is 0 Å². The maximum Gasteiger partial charge on any atom is 0.123 e. The average Bonchev–Trinajstić information content (AvgIpc) is 2.00. The largest absolute Gasteiger partial charge is 0.274 e. The summed E-state index contributed by atoms with van der Waals surface area (Å²) in [6, 6.07) is 6.40. The van der Waals surface area contributed by atoms with Gasteiger partial charge in [-0.1, -0.05) is 17.7 Å². The lowest BCUT2D eigenvalue weighted by Gasteiger charge is -1.87. The highest BCUT2D eigenvalue weighted by molar-refractivity contribution is 5.13. The molecule has 0 amide bonds. The van der Waals surface area contributed by atoms with E-state index in [2.05, 4.69) is 11.7 Å². The molecule has 0 heterocycles. The minimum Gasteiger partial charge on any atom is -0.274 e. The number of aryl methyl sites for hydroxylation is 1. The van der Waals surface area contributed by atoms with Gasteiger partial charge >= 0.3 is 0 Å². The number of benzene rings is 1. The van der Waals surface area contributed by atoms with Gasteiger partial charge in [-0.25, -0.2) is 4.39 Å².